The van der Waals surface area contributed by atoms with E-state index in [1.165, 1.54) is 23.1 Å². The van der Waals surface area contributed by atoms with E-state index in [1.807, 2.05) is 19.0 Å². The summed E-state index contributed by atoms with van der Waals surface area (Å²) in [5, 5.41) is 8.58. The molecule has 0 heterocycles. The van der Waals surface area contributed by atoms with Gasteiger partial charge in [-0.3, -0.25) is 4.79 Å². The Labute approximate surface area is 123 Å². The average molecular weight is 294 g/mol. The molecule has 0 aliphatic rings. The number of hydrogen-bond acceptors (Lipinski definition) is 3. The van der Waals surface area contributed by atoms with Crippen LogP contribution in [0.2, 0.25) is 0 Å². The van der Waals surface area contributed by atoms with Crippen molar-refractivity contribution in [2.24, 2.45) is 0 Å². The van der Waals surface area contributed by atoms with Gasteiger partial charge in [-0.2, -0.15) is 0 Å². The number of benzene rings is 1. The monoisotopic (exact) mass is 294 g/mol. The van der Waals surface area contributed by atoms with E-state index in [9.17, 15) is 14.0 Å². The summed E-state index contributed by atoms with van der Waals surface area (Å²) in [5.74, 6) is -2.15. The Balaban J connectivity index is 2.92. The van der Waals surface area contributed by atoms with Crippen LogP contribution in [-0.2, 0) is 4.79 Å². The minimum absolute atomic E-state index is 0.0659. The van der Waals surface area contributed by atoms with Crippen molar-refractivity contribution in [3.63, 3.8) is 0 Å². The molecule has 1 N–H and O–H groups in total. The minimum atomic E-state index is -1.10. The first-order valence-corrected chi connectivity index (χ1v) is 6.42. The van der Waals surface area contributed by atoms with Crippen molar-refractivity contribution in [1.29, 1.82) is 0 Å². The number of likely N-dealkylation sites (N-methyl/N-ethyl adjacent to an activating group) is 2. The molecule has 0 spiro atoms. The first-order chi connectivity index (χ1) is 9.81. The summed E-state index contributed by atoms with van der Waals surface area (Å²) in [4.78, 5) is 26.0. The van der Waals surface area contributed by atoms with Crippen molar-refractivity contribution < 1.29 is 19.1 Å². The van der Waals surface area contributed by atoms with Gasteiger partial charge in [-0.25, -0.2) is 9.18 Å². The van der Waals surface area contributed by atoms with Crippen LogP contribution < -0.4 is 0 Å². The molecule has 0 unspecified atom stereocenters. The summed E-state index contributed by atoms with van der Waals surface area (Å²) in [7, 11) is 5.37. The largest absolute Gasteiger partial charge is 0.478 e. The Hall–Kier alpha value is -2.21. The van der Waals surface area contributed by atoms with Crippen molar-refractivity contribution in [3.05, 3.63) is 41.2 Å². The SMILES string of the molecule is CN(C)CCN(C)C(=O)c1cc(C=CC(=O)O)ccc1F. The molecule has 0 aliphatic carbocycles. The molecule has 21 heavy (non-hydrogen) atoms. The summed E-state index contributed by atoms with van der Waals surface area (Å²) in [6.07, 6.45) is 2.26. The van der Waals surface area contributed by atoms with E-state index in [4.69, 9.17) is 5.11 Å². The lowest BCUT2D eigenvalue weighted by Gasteiger charge is -2.20. The smallest absolute Gasteiger partial charge is 0.328 e. The first kappa shape index (κ1) is 16.8. The van der Waals surface area contributed by atoms with Crippen molar-refractivity contribution in [2.75, 3.05) is 34.2 Å². The molecule has 1 amide bonds. The van der Waals surface area contributed by atoms with Gasteiger partial charge >= 0.3 is 5.97 Å². The fraction of sp³-hybridized carbons (Fsp3) is 0.333. The molecule has 0 atom stereocenters. The van der Waals surface area contributed by atoms with Gasteiger partial charge < -0.3 is 14.9 Å². The lowest BCUT2D eigenvalue weighted by atomic mass is 10.1. The average Bonchev–Trinajstić information content (AvgIpc) is 2.42. The molecule has 0 saturated heterocycles. The molecule has 0 aromatic heterocycles. The van der Waals surface area contributed by atoms with Crippen molar-refractivity contribution >= 4 is 18.0 Å². The van der Waals surface area contributed by atoms with Crippen LogP contribution in [0.3, 0.4) is 0 Å². The maximum absolute atomic E-state index is 13.8. The normalized spacial score (nSPS) is 11.1. The highest BCUT2D eigenvalue weighted by Gasteiger charge is 2.16. The zero-order valence-corrected chi connectivity index (χ0v) is 12.3. The number of nitrogens with zero attached hydrogens (tertiary/aromatic N) is 2. The van der Waals surface area contributed by atoms with Crippen LogP contribution in [0.1, 0.15) is 15.9 Å². The van der Waals surface area contributed by atoms with Crippen LogP contribution in [0.25, 0.3) is 6.08 Å². The third kappa shape index (κ3) is 5.35. The van der Waals surface area contributed by atoms with E-state index in [-0.39, 0.29) is 5.56 Å². The summed E-state index contributed by atoms with van der Waals surface area (Å²) in [6.45, 7) is 1.14. The maximum atomic E-state index is 13.8. The molecular weight excluding hydrogens is 275 g/mol. The third-order valence-electron chi connectivity index (χ3n) is 2.87. The van der Waals surface area contributed by atoms with Crippen molar-refractivity contribution in [1.82, 2.24) is 9.80 Å². The Kier molecular flexibility index (Phi) is 6.05. The molecular formula is C15H19FN2O3. The zero-order valence-electron chi connectivity index (χ0n) is 12.3. The lowest BCUT2D eigenvalue weighted by Crippen LogP contribution is -2.34. The molecule has 114 valence electrons. The molecule has 0 aliphatic heterocycles. The molecule has 1 aromatic rings. The lowest BCUT2D eigenvalue weighted by molar-refractivity contribution is -0.131. The second-order valence-electron chi connectivity index (χ2n) is 4.94. The van der Waals surface area contributed by atoms with Gasteiger partial charge in [-0.1, -0.05) is 6.07 Å². The number of halogens is 1. The molecule has 1 rings (SSSR count). The van der Waals surface area contributed by atoms with E-state index in [1.54, 1.807) is 7.05 Å². The highest BCUT2D eigenvalue weighted by Crippen LogP contribution is 2.14. The van der Waals surface area contributed by atoms with Crippen molar-refractivity contribution in [3.8, 4) is 0 Å². The minimum Gasteiger partial charge on any atom is -0.478 e. The van der Waals surface area contributed by atoms with E-state index in [0.29, 0.717) is 18.7 Å². The number of hydrogen-bond donors (Lipinski definition) is 1. The summed E-state index contributed by atoms with van der Waals surface area (Å²) in [6, 6.07) is 3.93. The topological polar surface area (TPSA) is 60.9 Å². The fourth-order valence-electron chi connectivity index (χ4n) is 1.64. The molecule has 0 radical (unpaired) electrons. The van der Waals surface area contributed by atoms with E-state index in [2.05, 4.69) is 0 Å². The zero-order chi connectivity index (χ0) is 16.0. The highest BCUT2D eigenvalue weighted by molar-refractivity contribution is 5.95. The Bertz CT molecular complexity index is 556. The van der Waals surface area contributed by atoms with Crippen LogP contribution >= 0.6 is 0 Å². The van der Waals surface area contributed by atoms with Crippen LogP contribution in [-0.4, -0.2) is 61.0 Å². The number of rotatable bonds is 6. The standard InChI is InChI=1S/C15H19FN2O3/c1-17(2)8-9-18(3)15(21)12-10-11(4-6-13(12)16)5-7-14(19)20/h4-7,10H,8-9H2,1-3H3,(H,19,20). The van der Waals surface area contributed by atoms with Gasteiger partial charge in [-0.05, 0) is 37.9 Å². The fourth-order valence-corrected chi connectivity index (χ4v) is 1.64. The predicted octanol–water partition coefficient (Wildman–Crippen LogP) is 1.56. The molecule has 0 bridgehead atoms. The second kappa shape index (κ2) is 7.54. The van der Waals surface area contributed by atoms with Gasteiger partial charge in [0, 0.05) is 26.2 Å². The number of aliphatic carboxylic acids is 1. The first-order valence-electron chi connectivity index (χ1n) is 6.42. The summed E-state index contributed by atoms with van der Waals surface area (Å²) < 4.78 is 13.8. The van der Waals surface area contributed by atoms with Gasteiger partial charge in [0.2, 0.25) is 0 Å². The highest BCUT2D eigenvalue weighted by atomic mass is 19.1. The van der Waals surface area contributed by atoms with Crippen molar-refractivity contribution in [2.45, 2.75) is 0 Å². The second-order valence-corrected chi connectivity index (χ2v) is 4.94. The maximum Gasteiger partial charge on any atom is 0.328 e. The molecule has 0 fully saturated rings. The number of carboxylic acid groups (broad SMARTS) is 1. The van der Waals surface area contributed by atoms with Crippen LogP contribution in [0.5, 0.6) is 0 Å². The van der Waals surface area contributed by atoms with E-state index < -0.39 is 17.7 Å². The van der Waals surface area contributed by atoms with Crippen LogP contribution in [0.15, 0.2) is 24.3 Å². The number of amides is 1. The summed E-state index contributed by atoms with van der Waals surface area (Å²) in [5.41, 5.74) is 0.395. The number of carboxylic acids is 1. The molecule has 6 heteroatoms. The summed E-state index contributed by atoms with van der Waals surface area (Å²) >= 11 is 0. The van der Waals surface area contributed by atoms with Gasteiger partial charge in [0.15, 0.2) is 0 Å². The van der Waals surface area contributed by atoms with Gasteiger partial charge in [0.25, 0.3) is 5.91 Å². The Morgan fingerprint density at radius 2 is 1.90 bits per heavy atom. The van der Waals surface area contributed by atoms with Gasteiger partial charge in [-0.15, -0.1) is 0 Å². The van der Waals surface area contributed by atoms with Crippen LogP contribution in [0, 0.1) is 5.82 Å². The molecule has 0 saturated carbocycles. The quantitative estimate of drug-likeness (QED) is 0.809. The molecule has 5 nitrogen and oxygen atoms in total. The van der Waals surface area contributed by atoms with Gasteiger partial charge in [0.1, 0.15) is 5.82 Å². The predicted molar refractivity (Wildman–Crippen MR) is 78.6 cm³/mol. The third-order valence-corrected chi connectivity index (χ3v) is 2.87. The Morgan fingerprint density at radius 1 is 1.24 bits per heavy atom. The van der Waals surface area contributed by atoms with Gasteiger partial charge in [0.05, 0.1) is 5.56 Å². The number of carbonyl (C=O) groups is 2. The number of carbonyl (C=O) groups excluding carboxylic acids is 1. The van der Waals surface area contributed by atoms with Crippen LogP contribution in [0.4, 0.5) is 4.39 Å². The molecule has 1 aromatic carbocycles. The Morgan fingerprint density at radius 3 is 2.48 bits per heavy atom. The van der Waals surface area contributed by atoms with E-state index in [0.717, 1.165) is 12.1 Å². The van der Waals surface area contributed by atoms with E-state index >= 15 is 0 Å².